The molecular weight excluding hydrogens is 577 g/mol. The van der Waals surface area contributed by atoms with Gasteiger partial charge in [0, 0.05) is 52.9 Å². The Hall–Kier alpha value is 0.548. The number of hydrogen-bond acceptors (Lipinski definition) is 8. The largest absolute Gasteiger partial charge is 0.357 e. The summed E-state index contributed by atoms with van der Waals surface area (Å²) < 4.78 is 45.6. The lowest BCUT2D eigenvalue weighted by molar-refractivity contribution is -0.0915. The molecule has 244 valence electrons. The monoisotopic (exact) mass is 644 g/mol. The summed E-state index contributed by atoms with van der Waals surface area (Å²) in [5, 5.41) is 0. The Labute approximate surface area is 257 Å². The third-order valence-corrected chi connectivity index (χ3v) is 15.1. The molecule has 0 aliphatic rings. The van der Waals surface area contributed by atoms with Gasteiger partial charge in [-0.1, -0.05) is 51.9 Å². The van der Waals surface area contributed by atoms with E-state index >= 15 is 0 Å². The van der Waals surface area contributed by atoms with Crippen molar-refractivity contribution in [3.05, 3.63) is 0 Å². The molecule has 0 spiro atoms. The van der Waals surface area contributed by atoms with Crippen LogP contribution in [0.5, 0.6) is 0 Å². The summed E-state index contributed by atoms with van der Waals surface area (Å²) in [5.41, 5.74) is 0. The summed E-state index contributed by atoms with van der Waals surface area (Å²) in [6.45, 7) is 22.9. The van der Waals surface area contributed by atoms with E-state index in [0.29, 0.717) is 0 Å². The maximum Gasteiger partial charge on any atom is 0.134 e. The normalized spacial score (nSPS) is 12.9. The van der Waals surface area contributed by atoms with Gasteiger partial charge >= 0.3 is 0 Å². The second kappa shape index (κ2) is 35.7. The molecule has 0 aromatic rings. The molecule has 0 heterocycles. The van der Waals surface area contributed by atoms with Crippen molar-refractivity contribution in [1.29, 1.82) is 0 Å². The molecule has 0 saturated carbocycles. The van der Waals surface area contributed by atoms with Crippen LogP contribution in [-0.4, -0.2) is 115 Å². The summed E-state index contributed by atoms with van der Waals surface area (Å²) in [6.07, 6.45) is 4.25. The third kappa shape index (κ3) is 30.0. The average Bonchev–Trinajstić information content (AvgIpc) is 2.96. The van der Waals surface area contributed by atoms with E-state index in [0.717, 1.165) is 78.5 Å². The lowest BCUT2D eigenvalue weighted by Crippen LogP contribution is -2.28. The Morgan fingerprint density at radius 3 is 0.700 bits per heavy atom. The quantitative estimate of drug-likeness (QED) is 0.0670. The van der Waals surface area contributed by atoms with Crippen molar-refractivity contribution in [2.45, 2.75) is 129 Å². The molecule has 8 nitrogen and oxygen atoms in total. The zero-order valence-electron chi connectivity index (χ0n) is 27.7. The molecule has 0 radical (unpaired) electrons. The molecule has 0 amide bonds. The van der Waals surface area contributed by atoms with E-state index in [-0.39, 0.29) is 61.7 Å². The Bertz CT molecular complexity index is 404. The van der Waals surface area contributed by atoms with Crippen LogP contribution in [0.4, 0.5) is 0 Å². The SMILES string of the molecule is CCCOC(OCCC)[SiH2]CC[SiH2]C(OCCC)OCCC.CCOC(OCC)[SiH2]CC[SiH2]C(OCC)OCC. The lowest BCUT2D eigenvalue weighted by Gasteiger charge is -2.20. The molecular formula is C28H68O8Si4. The number of hydrogen-bond donors (Lipinski definition) is 0. The summed E-state index contributed by atoms with van der Waals surface area (Å²) in [5.74, 6) is 0.430. The van der Waals surface area contributed by atoms with Gasteiger partial charge in [-0.2, -0.15) is 0 Å². The molecule has 0 atom stereocenters. The summed E-state index contributed by atoms with van der Waals surface area (Å²) in [7, 11) is -1.21. The van der Waals surface area contributed by atoms with Gasteiger partial charge in [0.15, 0.2) is 0 Å². The van der Waals surface area contributed by atoms with Gasteiger partial charge in [0.25, 0.3) is 0 Å². The van der Waals surface area contributed by atoms with Crippen LogP contribution in [0.3, 0.4) is 0 Å². The van der Waals surface area contributed by atoms with Crippen LogP contribution < -0.4 is 0 Å². The predicted molar refractivity (Wildman–Crippen MR) is 180 cm³/mol. The molecule has 0 aromatic heterocycles. The molecule has 0 saturated heterocycles. The van der Waals surface area contributed by atoms with Crippen LogP contribution in [0.15, 0.2) is 0 Å². The van der Waals surface area contributed by atoms with Crippen molar-refractivity contribution in [3.8, 4) is 0 Å². The van der Waals surface area contributed by atoms with Gasteiger partial charge < -0.3 is 37.9 Å². The van der Waals surface area contributed by atoms with Gasteiger partial charge in [-0.25, -0.2) is 0 Å². The minimum Gasteiger partial charge on any atom is -0.357 e. The molecule has 0 aliphatic heterocycles. The second-order valence-corrected chi connectivity index (χ2v) is 17.4. The standard InChI is InChI=1S/C16H38O4Si2.C12H30O4Si2/c1-5-9-17-15(18-10-6-2)21-13-14-22-16(19-11-7-3)20-12-8-4;1-5-13-11(14-6-2)17-9-10-18-12(15-7-3)16-8-4/h15-16H,5-14,21-22H2,1-4H3;11-12H,5-10,17-18H2,1-4H3. The lowest BCUT2D eigenvalue weighted by atomic mass is 10.5. The zero-order valence-corrected chi connectivity index (χ0v) is 33.4. The van der Waals surface area contributed by atoms with E-state index in [1.807, 2.05) is 27.7 Å². The Kier molecular flexibility index (Phi) is 38.1. The van der Waals surface area contributed by atoms with Gasteiger partial charge in [0.1, 0.15) is 23.7 Å². The van der Waals surface area contributed by atoms with E-state index in [4.69, 9.17) is 37.9 Å². The molecule has 12 heteroatoms. The predicted octanol–water partition coefficient (Wildman–Crippen LogP) is 3.31. The van der Waals surface area contributed by atoms with Crippen LogP contribution in [0.2, 0.25) is 24.2 Å². The highest BCUT2D eigenvalue weighted by molar-refractivity contribution is 6.43. The molecule has 0 unspecified atom stereocenters. The molecule has 0 bridgehead atoms. The number of ether oxygens (including phenoxy) is 8. The zero-order chi connectivity index (χ0) is 30.1. The molecule has 40 heavy (non-hydrogen) atoms. The van der Waals surface area contributed by atoms with E-state index in [1.54, 1.807) is 0 Å². The fourth-order valence-corrected chi connectivity index (χ4v) is 12.7. The fraction of sp³-hybridized carbons (Fsp3) is 1.00. The highest BCUT2D eigenvalue weighted by atomic mass is 28.2. The fourth-order valence-electron chi connectivity index (χ4n) is 3.84. The van der Waals surface area contributed by atoms with Crippen molar-refractivity contribution >= 4 is 38.1 Å². The smallest absolute Gasteiger partial charge is 0.134 e. The Morgan fingerprint density at radius 2 is 0.525 bits per heavy atom. The summed E-state index contributed by atoms with van der Waals surface area (Å²) in [4.78, 5) is 0. The molecule has 0 aliphatic carbocycles. The Morgan fingerprint density at radius 1 is 0.325 bits per heavy atom. The number of rotatable bonds is 30. The minimum atomic E-state index is -0.317. The molecule has 0 N–H and O–H groups in total. The minimum absolute atomic E-state index is 0.103. The van der Waals surface area contributed by atoms with Crippen molar-refractivity contribution in [1.82, 2.24) is 0 Å². The van der Waals surface area contributed by atoms with Crippen LogP contribution >= 0.6 is 0 Å². The average molecular weight is 645 g/mol. The Balaban J connectivity index is 0. The van der Waals surface area contributed by atoms with Crippen molar-refractivity contribution < 1.29 is 37.9 Å². The van der Waals surface area contributed by atoms with Crippen molar-refractivity contribution in [3.63, 3.8) is 0 Å². The van der Waals surface area contributed by atoms with E-state index < -0.39 is 0 Å². The highest BCUT2D eigenvalue weighted by Gasteiger charge is 2.13. The summed E-state index contributed by atoms with van der Waals surface area (Å²) in [6, 6.07) is 5.11. The first-order chi connectivity index (χ1) is 19.6. The van der Waals surface area contributed by atoms with Crippen LogP contribution in [0.1, 0.15) is 81.1 Å². The topological polar surface area (TPSA) is 73.8 Å². The first-order valence-electron chi connectivity index (χ1n) is 16.5. The van der Waals surface area contributed by atoms with Gasteiger partial charge in [-0.15, -0.1) is 0 Å². The maximum atomic E-state index is 5.82. The van der Waals surface area contributed by atoms with Gasteiger partial charge in [0.05, 0.1) is 38.1 Å². The van der Waals surface area contributed by atoms with Crippen molar-refractivity contribution in [2.24, 2.45) is 0 Å². The van der Waals surface area contributed by atoms with Gasteiger partial charge in [-0.05, 0) is 53.4 Å². The highest BCUT2D eigenvalue weighted by Crippen LogP contribution is 2.06. The molecule has 0 fully saturated rings. The maximum absolute atomic E-state index is 5.82. The van der Waals surface area contributed by atoms with Crippen LogP contribution in [0.25, 0.3) is 0 Å². The van der Waals surface area contributed by atoms with Crippen LogP contribution in [0, 0.1) is 0 Å². The second-order valence-electron chi connectivity index (χ2n) is 9.59. The third-order valence-electron chi connectivity index (χ3n) is 5.70. The van der Waals surface area contributed by atoms with Crippen molar-refractivity contribution in [2.75, 3.05) is 52.9 Å². The van der Waals surface area contributed by atoms with E-state index in [2.05, 4.69) is 27.7 Å². The first-order valence-corrected chi connectivity index (χ1v) is 23.8. The van der Waals surface area contributed by atoms with E-state index in [9.17, 15) is 0 Å². The van der Waals surface area contributed by atoms with E-state index in [1.165, 1.54) is 24.2 Å². The van der Waals surface area contributed by atoms with Gasteiger partial charge in [-0.3, -0.25) is 0 Å². The summed E-state index contributed by atoms with van der Waals surface area (Å²) >= 11 is 0. The van der Waals surface area contributed by atoms with Crippen LogP contribution in [-0.2, 0) is 37.9 Å². The molecule has 0 rings (SSSR count). The van der Waals surface area contributed by atoms with Gasteiger partial charge in [0.2, 0.25) is 0 Å². The molecule has 0 aromatic carbocycles. The first kappa shape index (κ1) is 42.7.